The van der Waals surface area contributed by atoms with Crippen molar-refractivity contribution in [2.45, 2.75) is 51.7 Å². The largest absolute Gasteiger partial charge is 0.449 e. The molecular formula is C17H23ClN2O3. The summed E-state index contributed by atoms with van der Waals surface area (Å²) in [5.74, 6) is -0.404. The molecule has 1 fully saturated rings. The fourth-order valence-corrected chi connectivity index (χ4v) is 2.90. The van der Waals surface area contributed by atoms with E-state index in [0.29, 0.717) is 16.6 Å². The van der Waals surface area contributed by atoms with Gasteiger partial charge in [0, 0.05) is 6.04 Å². The summed E-state index contributed by atoms with van der Waals surface area (Å²) in [6.45, 7) is 3.71. The van der Waals surface area contributed by atoms with Gasteiger partial charge in [-0.1, -0.05) is 31.4 Å². The third kappa shape index (κ3) is 4.61. The third-order valence-electron chi connectivity index (χ3n) is 4.32. The number of nitrogen functional groups attached to an aromatic ring is 1. The molecule has 1 aromatic rings. The zero-order valence-corrected chi connectivity index (χ0v) is 14.2. The van der Waals surface area contributed by atoms with Crippen LogP contribution < -0.4 is 11.1 Å². The van der Waals surface area contributed by atoms with Crippen molar-refractivity contribution in [1.29, 1.82) is 0 Å². The Morgan fingerprint density at radius 1 is 1.35 bits per heavy atom. The van der Waals surface area contributed by atoms with Crippen LogP contribution in [-0.2, 0) is 9.53 Å². The van der Waals surface area contributed by atoms with Crippen molar-refractivity contribution < 1.29 is 14.3 Å². The number of anilines is 1. The maximum atomic E-state index is 12.2. The van der Waals surface area contributed by atoms with Gasteiger partial charge in [0.05, 0.1) is 16.3 Å². The summed E-state index contributed by atoms with van der Waals surface area (Å²) >= 11 is 5.82. The Kier molecular flexibility index (Phi) is 5.88. The number of nitrogens with one attached hydrogen (secondary N) is 1. The van der Waals surface area contributed by atoms with Gasteiger partial charge in [-0.2, -0.15) is 0 Å². The van der Waals surface area contributed by atoms with Crippen molar-refractivity contribution in [3.05, 3.63) is 28.8 Å². The van der Waals surface area contributed by atoms with Crippen LogP contribution in [0.1, 0.15) is 49.9 Å². The predicted molar refractivity (Wildman–Crippen MR) is 90.3 cm³/mol. The molecule has 6 heteroatoms. The Morgan fingerprint density at radius 3 is 2.70 bits per heavy atom. The van der Waals surface area contributed by atoms with Crippen LogP contribution in [0, 0.1) is 5.92 Å². The van der Waals surface area contributed by atoms with Crippen LogP contribution in [0.2, 0.25) is 5.02 Å². The number of benzene rings is 1. The van der Waals surface area contributed by atoms with Crippen LogP contribution in [0.4, 0.5) is 5.69 Å². The second kappa shape index (κ2) is 7.68. The van der Waals surface area contributed by atoms with Gasteiger partial charge in [-0.3, -0.25) is 4.79 Å². The quantitative estimate of drug-likeness (QED) is 0.652. The van der Waals surface area contributed by atoms with Crippen molar-refractivity contribution in [1.82, 2.24) is 5.32 Å². The minimum Gasteiger partial charge on any atom is -0.449 e. The number of hydrogen-bond acceptors (Lipinski definition) is 4. The molecule has 1 amide bonds. The predicted octanol–water partition coefficient (Wildman–Crippen LogP) is 3.16. The molecule has 0 unspecified atom stereocenters. The Balaban J connectivity index is 1.92. The highest BCUT2D eigenvalue weighted by Gasteiger charge is 2.26. The number of esters is 1. The molecule has 0 bridgehead atoms. The average molecular weight is 339 g/mol. The van der Waals surface area contributed by atoms with Crippen molar-refractivity contribution in [3.63, 3.8) is 0 Å². The molecule has 1 aromatic carbocycles. The van der Waals surface area contributed by atoms with Gasteiger partial charge in [-0.25, -0.2) is 4.79 Å². The molecule has 0 saturated heterocycles. The molecule has 1 saturated carbocycles. The first kappa shape index (κ1) is 17.6. The summed E-state index contributed by atoms with van der Waals surface area (Å²) < 4.78 is 5.22. The monoisotopic (exact) mass is 338 g/mol. The van der Waals surface area contributed by atoms with E-state index in [2.05, 4.69) is 12.2 Å². The Bertz CT molecular complexity index is 591. The van der Waals surface area contributed by atoms with E-state index < -0.39 is 12.1 Å². The molecule has 3 N–H and O–H groups in total. The first-order valence-corrected chi connectivity index (χ1v) is 8.32. The lowest BCUT2D eigenvalue weighted by Crippen LogP contribution is -2.45. The zero-order valence-electron chi connectivity index (χ0n) is 13.5. The van der Waals surface area contributed by atoms with Crippen LogP contribution in [0.3, 0.4) is 0 Å². The van der Waals surface area contributed by atoms with Crippen LogP contribution in [0.25, 0.3) is 0 Å². The number of halogens is 1. The third-order valence-corrected chi connectivity index (χ3v) is 4.67. The number of carbonyl (C=O) groups excluding carboxylic acids is 2. The summed E-state index contributed by atoms with van der Waals surface area (Å²) in [4.78, 5) is 24.3. The van der Waals surface area contributed by atoms with Crippen molar-refractivity contribution in [3.8, 4) is 0 Å². The highest BCUT2D eigenvalue weighted by molar-refractivity contribution is 6.33. The Morgan fingerprint density at radius 2 is 2.04 bits per heavy atom. The molecule has 3 atom stereocenters. The van der Waals surface area contributed by atoms with Gasteiger partial charge in [0.1, 0.15) is 0 Å². The minimum absolute atomic E-state index is 0.156. The lowest BCUT2D eigenvalue weighted by atomic mass is 9.86. The van der Waals surface area contributed by atoms with Crippen LogP contribution in [-0.4, -0.2) is 24.0 Å². The Hall–Kier alpha value is -1.75. The zero-order chi connectivity index (χ0) is 17.0. The van der Waals surface area contributed by atoms with E-state index in [1.807, 2.05) is 0 Å². The van der Waals surface area contributed by atoms with Crippen molar-refractivity contribution in [2.24, 2.45) is 5.92 Å². The lowest BCUT2D eigenvalue weighted by molar-refractivity contribution is -0.130. The summed E-state index contributed by atoms with van der Waals surface area (Å²) in [6.07, 6.45) is 3.56. The fourth-order valence-electron chi connectivity index (χ4n) is 2.78. The highest BCUT2D eigenvalue weighted by Crippen LogP contribution is 2.24. The highest BCUT2D eigenvalue weighted by atomic mass is 35.5. The first-order valence-electron chi connectivity index (χ1n) is 7.95. The number of ether oxygens (including phenoxy) is 1. The minimum atomic E-state index is -0.853. The van der Waals surface area contributed by atoms with E-state index in [-0.39, 0.29) is 17.5 Å². The number of rotatable bonds is 4. The number of nitrogens with two attached hydrogens (primary N) is 1. The smallest absolute Gasteiger partial charge is 0.338 e. The van der Waals surface area contributed by atoms with E-state index in [0.717, 1.165) is 19.3 Å². The van der Waals surface area contributed by atoms with Gasteiger partial charge in [-0.05, 0) is 43.9 Å². The summed E-state index contributed by atoms with van der Waals surface area (Å²) in [7, 11) is 0. The van der Waals surface area contributed by atoms with E-state index >= 15 is 0 Å². The molecule has 1 aliphatic carbocycles. The first-order chi connectivity index (χ1) is 10.9. The van der Waals surface area contributed by atoms with Gasteiger partial charge in [0.15, 0.2) is 6.10 Å². The number of amides is 1. The fraction of sp³-hybridized carbons (Fsp3) is 0.529. The number of carbonyl (C=O) groups is 2. The average Bonchev–Trinajstić information content (AvgIpc) is 2.52. The molecule has 0 aromatic heterocycles. The summed E-state index contributed by atoms with van der Waals surface area (Å²) in [6, 6.07) is 4.65. The molecule has 2 rings (SSSR count). The number of hydrogen-bond donors (Lipinski definition) is 2. The maximum absolute atomic E-state index is 12.2. The molecular weight excluding hydrogens is 316 g/mol. The topological polar surface area (TPSA) is 81.4 Å². The van der Waals surface area contributed by atoms with Crippen LogP contribution in [0.15, 0.2) is 18.2 Å². The van der Waals surface area contributed by atoms with E-state index in [9.17, 15) is 9.59 Å². The van der Waals surface area contributed by atoms with Crippen LogP contribution in [0.5, 0.6) is 0 Å². The van der Waals surface area contributed by atoms with Gasteiger partial charge in [-0.15, -0.1) is 0 Å². The van der Waals surface area contributed by atoms with Crippen molar-refractivity contribution >= 4 is 29.2 Å². The summed E-state index contributed by atoms with van der Waals surface area (Å²) in [5.41, 5.74) is 6.24. The lowest BCUT2D eigenvalue weighted by Gasteiger charge is -2.30. The molecule has 1 aliphatic rings. The van der Waals surface area contributed by atoms with Gasteiger partial charge in [0.25, 0.3) is 5.91 Å². The molecule has 5 nitrogen and oxygen atoms in total. The molecule has 0 spiro atoms. The molecule has 126 valence electrons. The standard InChI is InChI=1S/C17H23ClN2O3/c1-10-5-3-4-6-15(10)20-16(21)11(2)23-17(22)12-7-8-13(18)14(19)9-12/h7-11,15H,3-6,19H2,1-2H3,(H,20,21)/t10-,11+,15+/m0/s1. The van der Waals surface area contributed by atoms with Gasteiger partial charge in [0.2, 0.25) is 0 Å². The second-order valence-electron chi connectivity index (χ2n) is 6.16. The maximum Gasteiger partial charge on any atom is 0.338 e. The molecule has 23 heavy (non-hydrogen) atoms. The molecule has 0 aliphatic heterocycles. The molecule has 0 heterocycles. The molecule has 0 radical (unpaired) electrons. The SMILES string of the molecule is C[C@@H](OC(=O)c1ccc(Cl)c(N)c1)C(=O)N[C@@H]1CCCC[C@@H]1C. The van der Waals surface area contributed by atoms with E-state index in [1.165, 1.54) is 24.6 Å². The van der Waals surface area contributed by atoms with E-state index in [4.69, 9.17) is 22.1 Å². The normalized spacial score (nSPS) is 22.2. The van der Waals surface area contributed by atoms with Crippen LogP contribution >= 0.6 is 11.6 Å². The summed E-state index contributed by atoms with van der Waals surface area (Å²) in [5, 5.41) is 3.36. The Labute approximate surface area is 141 Å². The van der Waals surface area contributed by atoms with Gasteiger partial charge < -0.3 is 15.8 Å². The van der Waals surface area contributed by atoms with Crippen molar-refractivity contribution in [2.75, 3.05) is 5.73 Å². The van der Waals surface area contributed by atoms with Gasteiger partial charge >= 0.3 is 5.97 Å². The second-order valence-corrected chi connectivity index (χ2v) is 6.57. The van der Waals surface area contributed by atoms with E-state index in [1.54, 1.807) is 6.92 Å².